The van der Waals surface area contributed by atoms with E-state index >= 15 is 0 Å². The maximum Gasteiger partial charge on any atom is 0.281 e. The number of hydrogen-bond acceptors (Lipinski definition) is 2. The van der Waals surface area contributed by atoms with E-state index in [0.717, 1.165) is 0 Å². The third kappa shape index (κ3) is 2.14. The largest absolute Gasteiger partial charge is 0.281 e. The Hall–Kier alpha value is -0.730. The lowest BCUT2D eigenvalue weighted by molar-refractivity contribution is 0.145. The van der Waals surface area contributed by atoms with Gasteiger partial charge in [-0.3, -0.25) is 0 Å². The van der Waals surface area contributed by atoms with Crippen LogP contribution in [-0.2, 0) is 0 Å². The SMILES string of the molecule is N#Cc1cc(Cl)nc(C(F)F)c1Br. The van der Waals surface area contributed by atoms with Crippen LogP contribution in [0, 0.1) is 11.3 Å². The van der Waals surface area contributed by atoms with Gasteiger partial charge in [-0.25, -0.2) is 13.8 Å². The molecule has 0 N–H and O–H groups in total. The quantitative estimate of drug-likeness (QED) is 0.732. The molecule has 1 heterocycles. The molecule has 6 heteroatoms. The van der Waals surface area contributed by atoms with Crippen molar-refractivity contribution in [2.45, 2.75) is 6.43 Å². The minimum absolute atomic E-state index is 0.00519. The summed E-state index contributed by atoms with van der Waals surface area (Å²) in [6.07, 6.45) is -2.75. The normalized spacial score (nSPS) is 10.2. The van der Waals surface area contributed by atoms with Gasteiger partial charge in [0.2, 0.25) is 0 Å². The van der Waals surface area contributed by atoms with E-state index in [4.69, 9.17) is 16.9 Å². The van der Waals surface area contributed by atoms with Crippen molar-refractivity contribution in [1.29, 1.82) is 5.26 Å². The molecule has 0 aliphatic rings. The van der Waals surface area contributed by atoms with Crippen molar-refractivity contribution in [2.75, 3.05) is 0 Å². The molecular formula is C7H2BrClF2N2. The molecule has 0 fully saturated rings. The summed E-state index contributed by atoms with van der Waals surface area (Å²) in [5.74, 6) is 0. The highest BCUT2D eigenvalue weighted by molar-refractivity contribution is 9.10. The van der Waals surface area contributed by atoms with Gasteiger partial charge in [0, 0.05) is 0 Å². The number of alkyl halides is 2. The highest BCUT2D eigenvalue weighted by atomic mass is 79.9. The summed E-state index contributed by atoms with van der Waals surface area (Å²) in [6.45, 7) is 0. The molecule has 0 amide bonds. The third-order valence-electron chi connectivity index (χ3n) is 1.28. The molecule has 68 valence electrons. The van der Waals surface area contributed by atoms with Gasteiger partial charge in [0.15, 0.2) is 0 Å². The Balaban J connectivity index is 3.38. The van der Waals surface area contributed by atoms with E-state index in [-0.39, 0.29) is 15.2 Å². The molecule has 1 aromatic rings. The molecule has 0 radical (unpaired) electrons. The van der Waals surface area contributed by atoms with Crippen molar-refractivity contribution in [3.8, 4) is 6.07 Å². The first-order valence-corrected chi connectivity index (χ1v) is 4.27. The first-order chi connectivity index (χ1) is 6.06. The van der Waals surface area contributed by atoms with Crippen LogP contribution in [0.2, 0.25) is 5.15 Å². The van der Waals surface area contributed by atoms with Crippen molar-refractivity contribution >= 4 is 27.5 Å². The molecule has 0 spiro atoms. The van der Waals surface area contributed by atoms with Crippen molar-refractivity contribution in [3.63, 3.8) is 0 Å². The summed E-state index contributed by atoms with van der Waals surface area (Å²) < 4.78 is 24.5. The number of aromatic nitrogens is 1. The minimum Gasteiger partial charge on any atom is -0.234 e. The molecule has 0 bridgehead atoms. The Kier molecular flexibility index (Phi) is 3.17. The highest BCUT2D eigenvalue weighted by Crippen LogP contribution is 2.29. The standard InChI is InChI=1S/C7H2BrClF2N2/c8-5-3(2-12)1-4(9)13-6(5)7(10)11/h1,7H. The zero-order valence-electron chi connectivity index (χ0n) is 6.06. The summed E-state index contributed by atoms with van der Waals surface area (Å²) in [5.41, 5.74) is -0.459. The van der Waals surface area contributed by atoms with E-state index in [9.17, 15) is 8.78 Å². The van der Waals surface area contributed by atoms with E-state index in [1.54, 1.807) is 6.07 Å². The predicted molar refractivity (Wildman–Crippen MR) is 46.6 cm³/mol. The Morgan fingerprint density at radius 3 is 2.69 bits per heavy atom. The van der Waals surface area contributed by atoms with Crippen LogP contribution in [-0.4, -0.2) is 4.98 Å². The van der Waals surface area contributed by atoms with Crippen LogP contribution in [0.25, 0.3) is 0 Å². The summed E-state index contributed by atoms with van der Waals surface area (Å²) >= 11 is 8.28. The number of pyridine rings is 1. The summed E-state index contributed by atoms with van der Waals surface area (Å²) in [4.78, 5) is 3.40. The third-order valence-corrected chi connectivity index (χ3v) is 2.31. The number of rotatable bonds is 1. The lowest BCUT2D eigenvalue weighted by atomic mass is 10.2. The second-order valence-electron chi connectivity index (χ2n) is 2.10. The Morgan fingerprint density at radius 2 is 2.23 bits per heavy atom. The van der Waals surface area contributed by atoms with E-state index in [1.165, 1.54) is 6.07 Å². The van der Waals surface area contributed by atoms with E-state index < -0.39 is 12.1 Å². The first kappa shape index (κ1) is 10.4. The van der Waals surface area contributed by atoms with Crippen molar-refractivity contribution in [3.05, 3.63) is 26.9 Å². The van der Waals surface area contributed by atoms with Gasteiger partial charge < -0.3 is 0 Å². The van der Waals surface area contributed by atoms with Gasteiger partial charge in [-0.1, -0.05) is 11.6 Å². The van der Waals surface area contributed by atoms with Gasteiger partial charge in [0.1, 0.15) is 16.9 Å². The van der Waals surface area contributed by atoms with Crippen molar-refractivity contribution in [2.24, 2.45) is 0 Å². The van der Waals surface area contributed by atoms with Gasteiger partial charge in [-0.2, -0.15) is 5.26 Å². The molecule has 0 unspecified atom stereocenters. The van der Waals surface area contributed by atoms with Gasteiger partial charge in [-0.15, -0.1) is 0 Å². The highest BCUT2D eigenvalue weighted by Gasteiger charge is 2.17. The summed E-state index contributed by atoms with van der Waals surface area (Å²) in [5, 5.41) is 8.42. The summed E-state index contributed by atoms with van der Waals surface area (Å²) in [6, 6.07) is 2.95. The van der Waals surface area contributed by atoms with Crippen LogP contribution in [0.1, 0.15) is 17.7 Å². The zero-order chi connectivity index (χ0) is 10.0. The zero-order valence-corrected chi connectivity index (χ0v) is 8.40. The minimum atomic E-state index is -2.75. The first-order valence-electron chi connectivity index (χ1n) is 3.10. The monoisotopic (exact) mass is 266 g/mol. The Bertz CT molecular complexity index is 375. The second kappa shape index (κ2) is 3.99. The van der Waals surface area contributed by atoms with Crippen LogP contribution in [0.3, 0.4) is 0 Å². The molecule has 13 heavy (non-hydrogen) atoms. The van der Waals surface area contributed by atoms with E-state index in [2.05, 4.69) is 20.9 Å². The maximum absolute atomic E-state index is 12.3. The molecule has 0 aliphatic carbocycles. The number of halogens is 4. The number of hydrogen-bond donors (Lipinski definition) is 0. The average molecular weight is 267 g/mol. The van der Waals surface area contributed by atoms with Gasteiger partial charge in [0.25, 0.3) is 6.43 Å². The Morgan fingerprint density at radius 1 is 1.62 bits per heavy atom. The predicted octanol–water partition coefficient (Wildman–Crippen LogP) is 3.31. The van der Waals surface area contributed by atoms with E-state index in [1.807, 2.05) is 0 Å². The molecule has 0 saturated heterocycles. The molecule has 0 aromatic carbocycles. The fraction of sp³-hybridized carbons (Fsp3) is 0.143. The van der Waals surface area contributed by atoms with Crippen molar-refractivity contribution in [1.82, 2.24) is 4.98 Å². The molecule has 0 atom stereocenters. The fourth-order valence-electron chi connectivity index (χ4n) is 0.743. The van der Waals surface area contributed by atoms with Crippen LogP contribution in [0.4, 0.5) is 8.78 Å². The molecule has 2 nitrogen and oxygen atoms in total. The van der Waals surface area contributed by atoms with Crippen molar-refractivity contribution < 1.29 is 8.78 Å². The molecule has 0 aliphatic heterocycles. The van der Waals surface area contributed by atoms with Crippen LogP contribution < -0.4 is 0 Å². The van der Waals surface area contributed by atoms with E-state index in [0.29, 0.717) is 0 Å². The molecular weight excluding hydrogens is 265 g/mol. The smallest absolute Gasteiger partial charge is 0.234 e. The summed E-state index contributed by atoms with van der Waals surface area (Å²) in [7, 11) is 0. The second-order valence-corrected chi connectivity index (χ2v) is 3.28. The van der Waals surface area contributed by atoms with Gasteiger partial charge in [-0.05, 0) is 22.0 Å². The topological polar surface area (TPSA) is 36.7 Å². The molecule has 1 rings (SSSR count). The van der Waals surface area contributed by atoms with Crippen LogP contribution >= 0.6 is 27.5 Å². The molecule has 0 saturated carbocycles. The number of nitriles is 1. The molecule has 1 aromatic heterocycles. The fourth-order valence-corrected chi connectivity index (χ4v) is 1.41. The Labute approximate surface area is 86.3 Å². The average Bonchev–Trinajstić information content (AvgIpc) is 2.08. The van der Waals surface area contributed by atoms with Crippen LogP contribution in [0.5, 0.6) is 0 Å². The number of nitrogens with zero attached hydrogens (tertiary/aromatic N) is 2. The van der Waals surface area contributed by atoms with Crippen LogP contribution in [0.15, 0.2) is 10.5 Å². The lowest BCUT2D eigenvalue weighted by Crippen LogP contribution is -1.95. The van der Waals surface area contributed by atoms with Gasteiger partial charge >= 0.3 is 0 Å². The van der Waals surface area contributed by atoms with Gasteiger partial charge in [0.05, 0.1) is 10.0 Å². The maximum atomic E-state index is 12.3. The lowest BCUT2D eigenvalue weighted by Gasteiger charge is -2.03.